The number of amides is 1. The molecule has 5 rings (SSSR count). The molecule has 30 heavy (non-hydrogen) atoms. The Morgan fingerprint density at radius 1 is 1.20 bits per heavy atom. The summed E-state index contributed by atoms with van der Waals surface area (Å²) in [4.78, 5) is 20.0. The van der Waals surface area contributed by atoms with Crippen LogP contribution >= 0.6 is 11.6 Å². The molecule has 0 bridgehead atoms. The zero-order valence-electron chi connectivity index (χ0n) is 15.4. The molecular weight excluding hydrogens is 421 g/mol. The molecule has 2 unspecified atom stereocenters. The number of halogens is 4. The molecule has 0 aromatic carbocycles. The number of carbonyl (C=O) groups excluding carboxylic acids is 1. The van der Waals surface area contributed by atoms with Crippen LogP contribution in [0.4, 0.5) is 13.2 Å². The van der Waals surface area contributed by atoms with Gasteiger partial charge in [0.15, 0.2) is 0 Å². The summed E-state index contributed by atoms with van der Waals surface area (Å²) < 4.78 is 40.3. The number of nitrogens with one attached hydrogen (secondary N) is 1. The first-order valence-corrected chi connectivity index (χ1v) is 9.71. The van der Waals surface area contributed by atoms with Crippen molar-refractivity contribution in [1.29, 1.82) is 0 Å². The van der Waals surface area contributed by atoms with Crippen molar-refractivity contribution in [3.05, 3.63) is 65.0 Å². The van der Waals surface area contributed by atoms with Gasteiger partial charge in [0.1, 0.15) is 0 Å². The predicted octanol–water partition coefficient (Wildman–Crippen LogP) is 3.43. The summed E-state index contributed by atoms with van der Waals surface area (Å²) >= 11 is 6.18. The van der Waals surface area contributed by atoms with Crippen molar-refractivity contribution in [2.45, 2.75) is 30.7 Å². The molecule has 156 valence electrons. The number of aliphatic hydroxyl groups is 1. The van der Waals surface area contributed by atoms with E-state index in [-0.39, 0.29) is 23.4 Å². The summed E-state index contributed by atoms with van der Waals surface area (Å²) in [5.41, 5.74) is -0.751. The summed E-state index contributed by atoms with van der Waals surface area (Å²) in [6.07, 6.45) is 3.05. The van der Waals surface area contributed by atoms with E-state index in [0.717, 1.165) is 17.8 Å². The Hall–Kier alpha value is -2.65. The van der Waals surface area contributed by atoms with Crippen LogP contribution in [0, 0.1) is 11.8 Å². The normalized spacial score (nSPS) is 27.8. The Kier molecular flexibility index (Phi) is 4.14. The van der Waals surface area contributed by atoms with Crippen LogP contribution < -0.4 is 5.32 Å². The molecule has 0 radical (unpaired) electrons. The van der Waals surface area contributed by atoms with Gasteiger partial charge in [-0.3, -0.25) is 9.78 Å². The topological polar surface area (TPSA) is 79.5 Å². The largest absolute Gasteiger partial charge is 0.417 e. The minimum absolute atomic E-state index is 0.0414. The Morgan fingerprint density at radius 2 is 1.93 bits per heavy atom. The quantitative estimate of drug-likeness (QED) is 0.659. The van der Waals surface area contributed by atoms with Crippen LogP contribution in [0.5, 0.6) is 0 Å². The van der Waals surface area contributed by atoms with Crippen molar-refractivity contribution in [2.24, 2.45) is 11.8 Å². The van der Waals surface area contributed by atoms with Crippen LogP contribution in [-0.2, 0) is 11.8 Å². The highest BCUT2D eigenvalue weighted by molar-refractivity contribution is 6.30. The Bertz CT molecular complexity index is 1150. The van der Waals surface area contributed by atoms with Crippen LogP contribution in [0.1, 0.15) is 34.3 Å². The van der Waals surface area contributed by atoms with E-state index in [9.17, 15) is 23.1 Å². The van der Waals surface area contributed by atoms with E-state index in [0.29, 0.717) is 29.6 Å². The molecule has 2 N–H and O–H groups in total. The first-order valence-electron chi connectivity index (χ1n) is 9.33. The number of nitrogens with zero attached hydrogens (tertiary/aromatic N) is 3. The number of hydrogen-bond acceptors (Lipinski definition) is 4. The van der Waals surface area contributed by atoms with Gasteiger partial charge in [0.05, 0.1) is 39.8 Å². The molecule has 3 aromatic rings. The number of hydrogen-bond donors (Lipinski definition) is 2. The lowest BCUT2D eigenvalue weighted by Gasteiger charge is -2.27. The molecule has 0 spiro atoms. The maximum Gasteiger partial charge on any atom is 0.417 e. The van der Waals surface area contributed by atoms with Crippen molar-refractivity contribution in [2.75, 3.05) is 0 Å². The van der Waals surface area contributed by atoms with Crippen molar-refractivity contribution in [3.63, 3.8) is 0 Å². The van der Waals surface area contributed by atoms with Gasteiger partial charge in [-0.15, -0.1) is 0 Å². The van der Waals surface area contributed by atoms with Crippen molar-refractivity contribution in [3.8, 4) is 0 Å². The molecule has 0 aliphatic heterocycles. The zero-order chi connectivity index (χ0) is 21.3. The lowest BCUT2D eigenvalue weighted by atomic mass is 9.88. The summed E-state index contributed by atoms with van der Waals surface area (Å²) in [6, 6.07) is 2.33. The molecule has 2 fully saturated rings. The SMILES string of the molecule is O=C(NC1[C@H]2CC(O)(c3cc(Cl)cn4cncc34)C[C@@H]12)c1cncc(C(F)(F)F)c1. The number of carbonyl (C=O) groups is 1. The molecule has 3 heterocycles. The van der Waals surface area contributed by atoms with Gasteiger partial charge in [-0.25, -0.2) is 4.98 Å². The standard InChI is InChI=1S/C20H16ClF3N4O2/c21-12-2-15(16-7-26-9-28(16)8-12)19(30)3-13-14(4-19)17(13)27-18(29)10-1-11(6-25-5-10)20(22,23)24/h1-2,5-9,13-14,17,30H,3-4H2,(H,27,29)/t13-,14+,17?,19?. The van der Waals surface area contributed by atoms with Crippen LogP contribution in [0.15, 0.2) is 43.2 Å². The van der Waals surface area contributed by atoms with E-state index in [1.54, 1.807) is 29.2 Å². The molecule has 0 saturated heterocycles. The van der Waals surface area contributed by atoms with Crippen LogP contribution in [0.3, 0.4) is 0 Å². The monoisotopic (exact) mass is 436 g/mol. The fourth-order valence-electron chi connectivity index (χ4n) is 4.62. The maximum absolute atomic E-state index is 12.8. The average molecular weight is 437 g/mol. The van der Waals surface area contributed by atoms with E-state index in [1.807, 2.05) is 0 Å². The van der Waals surface area contributed by atoms with E-state index in [2.05, 4.69) is 15.3 Å². The third-order valence-electron chi connectivity index (χ3n) is 6.09. The predicted molar refractivity (Wildman–Crippen MR) is 101 cm³/mol. The molecule has 2 aliphatic carbocycles. The highest BCUT2D eigenvalue weighted by Gasteiger charge is 2.62. The molecule has 2 saturated carbocycles. The molecular formula is C20H16ClF3N4O2. The number of pyridine rings is 2. The number of fused-ring (bicyclic) bond motifs is 2. The smallest absolute Gasteiger partial charge is 0.385 e. The number of imidazole rings is 1. The Morgan fingerprint density at radius 3 is 2.63 bits per heavy atom. The third kappa shape index (κ3) is 3.13. The molecule has 4 atom stereocenters. The molecule has 2 aliphatic rings. The summed E-state index contributed by atoms with van der Waals surface area (Å²) in [7, 11) is 0. The highest BCUT2D eigenvalue weighted by Crippen LogP contribution is 2.60. The van der Waals surface area contributed by atoms with Crippen LogP contribution in [0.25, 0.3) is 5.52 Å². The lowest BCUT2D eigenvalue weighted by Crippen LogP contribution is -2.33. The molecule has 3 aromatic heterocycles. The van der Waals surface area contributed by atoms with Crippen LogP contribution in [-0.4, -0.2) is 31.4 Å². The van der Waals surface area contributed by atoms with Crippen molar-refractivity contribution < 1.29 is 23.1 Å². The second kappa shape index (κ2) is 6.42. The van der Waals surface area contributed by atoms with E-state index >= 15 is 0 Å². The van der Waals surface area contributed by atoms with Gasteiger partial charge in [-0.2, -0.15) is 13.2 Å². The summed E-state index contributed by atoms with van der Waals surface area (Å²) in [5, 5.41) is 14.5. The van der Waals surface area contributed by atoms with Gasteiger partial charge in [-0.1, -0.05) is 11.6 Å². The van der Waals surface area contributed by atoms with Gasteiger partial charge >= 0.3 is 6.18 Å². The average Bonchev–Trinajstić information content (AvgIpc) is 3.03. The number of alkyl halides is 3. The molecule has 1 amide bonds. The van der Waals surface area contributed by atoms with Crippen molar-refractivity contribution >= 4 is 23.0 Å². The zero-order valence-corrected chi connectivity index (χ0v) is 16.2. The highest BCUT2D eigenvalue weighted by atomic mass is 35.5. The van der Waals surface area contributed by atoms with Gasteiger partial charge in [0.25, 0.3) is 5.91 Å². The van der Waals surface area contributed by atoms with Gasteiger partial charge < -0.3 is 14.8 Å². The second-order valence-electron chi connectivity index (χ2n) is 7.98. The van der Waals surface area contributed by atoms with Crippen LogP contribution in [0.2, 0.25) is 5.02 Å². The Balaban J connectivity index is 1.30. The minimum atomic E-state index is -4.56. The van der Waals surface area contributed by atoms with E-state index in [4.69, 9.17) is 11.6 Å². The lowest BCUT2D eigenvalue weighted by molar-refractivity contribution is -0.137. The second-order valence-corrected chi connectivity index (χ2v) is 8.42. The molecule has 6 nitrogen and oxygen atoms in total. The van der Waals surface area contributed by atoms with Gasteiger partial charge in [-0.05, 0) is 36.8 Å². The fraction of sp³-hybridized carbons (Fsp3) is 0.350. The van der Waals surface area contributed by atoms with E-state index in [1.165, 1.54) is 0 Å². The summed E-state index contributed by atoms with van der Waals surface area (Å²) in [5.74, 6) is -0.517. The molecule has 10 heteroatoms. The minimum Gasteiger partial charge on any atom is -0.385 e. The maximum atomic E-state index is 12.8. The number of rotatable bonds is 3. The van der Waals surface area contributed by atoms with Gasteiger partial charge in [0, 0.05) is 30.2 Å². The van der Waals surface area contributed by atoms with Gasteiger partial charge in [0.2, 0.25) is 0 Å². The van der Waals surface area contributed by atoms with E-state index < -0.39 is 23.2 Å². The fourth-order valence-corrected chi connectivity index (χ4v) is 4.84. The Labute approximate surface area is 173 Å². The first-order chi connectivity index (χ1) is 14.2. The summed E-state index contributed by atoms with van der Waals surface area (Å²) in [6.45, 7) is 0. The van der Waals surface area contributed by atoms with Crippen molar-refractivity contribution in [1.82, 2.24) is 19.7 Å². The number of aromatic nitrogens is 3. The first kappa shape index (κ1) is 19.3. The third-order valence-corrected chi connectivity index (χ3v) is 6.30.